The van der Waals surface area contributed by atoms with Gasteiger partial charge in [0.1, 0.15) is 0 Å². The third-order valence-electron chi connectivity index (χ3n) is 5.52. The predicted octanol–water partition coefficient (Wildman–Crippen LogP) is 4.58. The smallest absolute Gasteiger partial charge is 0.347 e. The fraction of sp³-hybridized carbons (Fsp3) is 0.409. The molecule has 0 amide bonds. The normalized spacial score (nSPS) is 17.5. The molecule has 7 heteroatoms. The zero-order valence-electron chi connectivity index (χ0n) is 16.7. The summed E-state index contributed by atoms with van der Waals surface area (Å²) in [5, 5.41) is 10.8. The maximum atomic E-state index is 12.6. The summed E-state index contributed by atoms with van der Waals surface area (Å²) in [6.45, 7) is 1.96. The summed E-state index contributed by atoms with van der Waals surface area (Å²) in [4.78, 5) is 23.1. The standard InChI is InChI=1S/C22H25N3O4/c1-3-28-22(27)18-19(26)17(12-14-13-24-20-16(14)10-7-11-23-20)29-21(18)25(2)15-8-5-4-6-9-15/h7,10-13,15,26H,3-6,8-9H2,1-2H3. The number of carbonyl (C=O) groups is 1. The van der Waals surface area contributed by atoms with Gasteiger partial charge in [0.15, 0.2) is 22.9 Å². The summed E-state index contributed by atoms with van der Waals surface area (Å²) >= 11 is 0. The molecule has 2 aliphatic rings. The monoisotopic (exact) mass is 395 g/mol. The van der Waals surface area contributed by atoms with Crippen molar-refractivity contribution in [3.63, 3.8) is 0 Å². The van der Waals surface area contributed by atoms with E-state index in [0.29, 0.717) is 11.7 Å². The molecule has 1 aliphatic heterocycles. The Balaban J connectivity index is 1.75. The van der Waals surface area contributed by atoms with Gasteiger partial charge in [-0.1, -0.05) is 19.3 Å². The molecule has 152 valence electrons. The molecule has 0 saturated heterocycles. The number of ether oxygens (including phenoxy) is 1. The number of nitrogens with zero attached hydrogens (tertiary/aromatic N) is 3. The van der Waals surface area contributed by atoms with E-state index in [-0.39, 0.29) is 29.7 Å². The van der Waals surface area contributed by atoms with Crippen molar-refractivity contribution in [2.75, 3.05) is 18.6 Å². The van der Waals surface area contributed by atoms with E-state index in [1.807, 2.05) is 24.1 Å². The molecule has 0 bridgehead atoms. The number of fused-ring (bicyclic) bond motifs is 1. The number of allylic oxidation sites excluding steroid dienone is 1. The number of aliphatic imine (C=N–C) groups is 1. The molecule has 0 spiro atoms. The van der Waals surface area contributed by atoms with Crippen LogP contribution in [0.5, 0.6) is 5.75 Å². The number of carbonyl (C=O) groups excluding carboxylic acids is 1. The number of rotatable bonds is 5. The van der Waals surface area contributed by atoms with Crippen molar-refractivity contribution >= 4 is 35.5 Å². The molecule has 2 aromatic heterocycles. The minimum Gasteiger partial charge on any atom is -0.504 e. The van der Waals surface area contributed by atoms with Crippen LogP contribution in [-0.2, 0) is 4.74 Å². The fourth-order valence-electron chi connectivity index (χ4n) is 3.98. The molecule has 1 fully saturated rings. The average molecular weight is 395 g/mol. The molecule has 1 saturated carbocycles. The summed E-state index contributed by atoms with van der Waals surface area (Å²) in [7, 11) is 1.91. The van der Waals surface area contributed by atoms with Crippen LogP contribution in [0.2, 0.25) is 0 Å². The summed E-state index contributed by atoms with van der Waals surface area (Å²) < 4.78 is 11.2. The lowest BCUT2D eigenvalue weighted by Crippen LogP contribution is -2.34. The van der Waals surface area contributed by atoms with E-state index < -0.39 is 5.97 Å². The maximum absolute atomic E-state index is 12.6. The minimum atomic E-state index is -0.585. The van der Waals surface area contributed by atoms with Gasteiger partial charge in [0.2, 0.25) is 5.88 Å². The highest BCUT2D eigenvalue weighted by molar-refractivity contribution is 6.21. The number of aromatic hydroxyl groups is 1. The van der Waals surface area contributed by atoms with Gasteiger partial charge < -0.3 is 19.2 Å². The lowest BCUT2D eigenvalue weighted by molar-refractivity contribution is 0.0523. The highest BCUT2D eigenvalue weighted by Gasteiger charge is 2.32. The van der Waals surface area contributed by atoms with Crippen molar-refractivity contribution in [1.82, 2.24) is 4.98 Å². The van der Waals surface area contributed by atoms with E-state index in [4.69, 9.17) is 9.15 Å². The SMILES string of the molecule is CCOC(=O)c1c(N(C)C2CCCCC2)oc(C=C2C=Nc3ncccc32)c1O. The van der Waals surface area contributed by atoms with Gasteiger partial charge in [-0.3, -0.25) is 0 Å². The van der Waals surface area contributed by atoms with Crippen molar-refractivity contribution in [2.24, 2.45) is 4.99 Å². The van der Waals surface area contributed by atoms with Crippen LogP contribution in [0.25, 0.3) is 11.6 Å². The van der Waals surface area contributed by atoms with Crippen LogP contribution < -0.4 is 4.90 Å². The lowest BCUT2D eigenvalue weighted by atomic mass is 9.94. The van der Waals surface area contributed by atoms with Crippen LogP contribution in [-0.4, -0.2) is 42.0 Å². The summed E-state index contributed by atoms with van der Waals surface area (Å²) in [6, 6.07) is 4.00. The number of pyridine rings is 1. The summed E-state index contributed by atoms with van der Waals surface area (Å²) in [6.07, 6.45) is 10.6. The van der Waals surface area contributed by atoms with E-state index in [9.17, 15) is 9.90 Å². The van der Waals surface area contributed by atoms with E-state index >= 15 is 0 Å². The highest BCUT2D eigenvalue weighted by atomic mass is 16.5. The number of aromatic nitrogens is 1. The Morgan fingerprint density at radius 1 is 1.38 bits per heavy atom. The van der Waals surface area contributed by atoms with Crippen LogP contribution in [0.3, 0.4) is 0 Å². The second kappa shape index (κ2) is 8.11. The molecule has 0 aromatic carbocycles. The Kier molecular flexibility index (Phi) is 5.38. The van der Waals surface area contributed by atoms with Crippen LogP contribution in [0.1, 0.15) is 60.7 Å². The Morgan fingerprint density at radius 3 is 2.93 bits per heavy atom. The van der Waals surface area contributed by atoms with Gasteiger partial charge in [-0.05, 0) is 38.0 Å². The number of esters is 1. The third-order valence-corrected chi connectivity index (χ3v) is 5.52. The Morgan fingerprint density at radius 2 is 2.17 bits per heavy atom. The predicted molar refractivity (Wildman–Crippen MR) is 112 cm³/mol. The largest absolute Gasteiger partial charge is 0.504 e. The first kappa shape index (κ1) is 19.2. The molecule has 0 atom stereocenters. The Labute approximate surface area is 169 Å². The fourth-order valence-corrected chi connectivity index (χ4v) is 3.98. The minimum absolute atomic E-state index is 0.0770. The van der Waals surface area contributed by atoms with E-state index in [2.05, 4.69) is 9.98 Å². The first-order valence-electron chi connectivity index (χ1n) is 10.1. The molecular formula is C22H25N3O4. The van der Waals surface area contributed by atoms with Gasteiger partial charge in [-0.2, -0.15) is 0 Å². The quantitative estimate of drug-likeness (QED) is 0.746. The maximum Gasteiger partial charge on any atom is 0.347 e. The van der Waals surface area contributed by atoms with Crippen LogP contribution in [0, 0.1) is 0 Å². The van der Waals surface area contributed by atoms with Gasteiger partial charge in [0, 0.05) is 36.6 Å². The molecule has 1 aliphatic carbocycles. The molecule has 2 aromatic rings. The lowest BCUT2D eigenvalue weighted by Gasteiger charge is -2.31. The van der Waals surface area contributed by atoms with E-state index in [1.54, 1.807) is 25.4 Å². The average Bonchev–Trinajstić information content (AvgIpc) is 3.30. The van der Waals surface area contributed by atoms with Crippen molar-refractivity contribution in [3.8, 4) is 5.75 Å². The molecule has 1 N–H and O–H groups in total. The van der Waals surface area contributed by atoms with Gasteiger partial charge in [-0.15, -0.1) is 0 Å². The van der Waals surface area contributed by atoms with Crippen LogP contribution in [0.15, 0.2) is 27.7 Å². The van der Waals surface area contributed by atoms with Crippen molar-refractivity contribution in [1.29, 1.82) is 0 Å². The van der Waals surface area contributed by atoms with Crippen LogP contribution >= 0.6 is 0 Å². The van der Waals surface area contributed by atoms with Crippen molar-refractivity contribution in [3.05, 3.63) is 35.2 Å². The zero-order chi connectivity index (χ0) is 20.4. The number of hydrogen-bond acceptors (Lipinski definition) is 7. The highest BCUT2D eigenvalue weighted by Crippen LogP contribution is 2.41. The Bertz CT molecular complexity index is 970. The third kappa shape index (κ3) is 3.64. The number of furan rings is 1. The molecule has 4 rings (SSSR count). The van der Waals surface area contributed by atoms with Gasteiger partial charge in [-0.25, -0.2) is 14.8 Å². The van der Waals surface area contributed by atoms with Gasteiger partial charge in [0.05, 0.1) is 6.61 Å². The van der Waals surface area contributed by atoms with Crippen molar-refractivity contribution < 1.29 is 19.1 Å². The topological polar surface area (TPSA) is 88.2 Å². The van der Waals surface area contributed by atoms with Crippen LogP contribution in [0.4, 0.5) is 11.7 Å². The second-order valence-corrected chi connectivity index (χ2v) is 7.35. The molecule has 29 heavy (non-hydrogen) atoms. The number of anilines is 1. The van der Waals surface area contributed by atoms with Crippen molar-refractivity contribution in [2.45, 2.75) is 45.1 Å². The summed E-state index contributed by atoms with van der Waals surface area (Å²) in [5.74, 6) is 0.387. The zero-order valence-corrected chi connectivity index (χ0v) is 16.7. The second-order valence-electron chi connectivity index (χ2n) is 7.35. The molecule has 3 heterocycles. The summed E-state index contributed by atoms with van der Waals surface area (Å²) in [5.41, 5.74) is 1.69. The molecule has 0 unspecified atom stereocenters. The molecule has 0 radical (unpaired) electrons. The number of hydrogen-bond donors (Lipinski definition) is 1. The van der Waals surface area contributed by atoms with E-state index in [0.717, 1.165) is 36.8 Å². The van der Waals surface area contributed by atoms with E-state index in [1.165, 1.54) is 6.42 Å². The first-order valence-corrected chi connectivity index (χ1v) is 10.1. The van der Waals surface area contributed by atoms with Gasteiger partial charge in [0.25, 0.3) is 0 Å². The molecular weight excluding hydrogens is 370 g/mol. The first-order chi connectivity index (χ1) is 14.1. The molecule has 7 nitrogen and oxygen atoms in total. The Hall–Kier alpha value is -3.09. The van der Waals surface area contributed by atoms with Gasteiger partial charge >= 0.3 is 5.97 Å².